The van der Waals surface area contributed by atoms with Gasteiger partial charge >= 0.3 is 0 Å². The van der Waals surface area contributed by atoms with E-state index in [1.165, 1.54) is 6.42 Å². The molecule has 4 rings (SSSR count). The van der Waals surface area contributed by atoms with E-state index in [-0.39, 0.29) is 30.8 Å². The molecule has 0 aromatic heterocycles. The van der Waals surface area contributed by atoms with Gasteiger partial charge in [-0.3, -0.25) is 9.59 Å². The van der Waals surface area contributed by atoms with Crippen molar-refractivity contribution in [3.05, 3.63) is 104 Å². The highest BCUT2D eigenvalue weighted by atomic mass is 35.5. The molecule has 200 valence electrons. The van der Waals surface area contributed by atoms with Gasteiger partial charge in [-0.05, 0) is 53.8 Å². The summed E-state index contributed by atoms with van der Waals surface area (Å²) in [5.74, 6) is -0.373. The summed E-state index contributed by atoms with van der Waals surface area (Å²) >= 11 is 25.0. The first-order valence-corrected chi connectivity index (χ1v) is 14.3. The van der Waals surface area contributed by atoms with Crippen molar-refractivity contribution in [1.29, 1.82) is 0 Å². The van der Waals surface area contributed by atoms with Crippen LogP contribution in [0.2, 0.25) is 20.1 Å². The fraction of sp³-hybridized carbons (Fsp3) is 0.333. The standard InChI is InChI=1S/C30H30Cl4N2O2/c31-23-13-12-22(26(33)18-23)19-36(29(37)17-21-11-14-25(32)27(34)15-21)28(16-20-7-3-1-4-8-20)30(38)35-24-9-5-2-6-10-24/h1,3-4,7-8,11-15,18,24,28H,2,5-6,9-10,16-17,19H2,(H,35,38). The number of nitrogens with zero attached hydrogens (tertiary/aromatic N) is 1. The molecule has 0 heterocycles. The van der Waals surface area contributed by atoms with E-state index in [9.17, 15) is 9.59 Å². The lowest BCUT2D eigenvalue weighted by molar-refractivity contribution is -0.141. The van der Waals surface area contributed by atoms with Gasteiger partial charge in [0, 0.05) is 29.1 Å². The fourth-order valence-corrected chi connectivity index (χ4v) is 5.65. The van der Waals surface area contributed by atoms with Crippen LogP contribution in [0.4, 0.5) is 0 Å². The summed E-state index contributed by atoms with van der Waals surface area (Å²) in [5.41, 5.74) is 2.38. The Morgan fingerprint density at radius 3 is 2.24 bits per heavy atom. The van der Waals surface area contributed by atoms with Crippen molar-refractivity contribution in [3.8, 4) is 0 Å². The number of hydrogen-bond donors (Lipinski definition) is 1. The first kappa shape index (κ1) is 28.8. The van der Waals surface area contributed by atoms with Crippen LogP contribution in [0.5, 0.6) is 0 Å². The lowest BCUT2D eigenvalue weighted by Gasteiger charge is -2.34. The van der Waals surface area contributed by atoms with Crippen molar-refractivity contribution >= 4 is 58.2 Å². The summed E-state index contributed by atoms with van der Waals surface area (Å²) in [4.78, 5) is 29.4. The van der Waals surface area contributed by atoms with Crippen LogP contribution in [0.25, 0.3) is 0 Å². The van der Waals surface area contributed by atoms with Crippen molar-refractivity contribution in [3.63, 3.8) is 0 Å². The lowest BCUT2D eigenvalue weighted by Crippen LogP contribution is -2.53. The number of rotatable bonds is 9. The molecule has 4 nitrogen and oxygen atoms in total. The second-order valence-electron chi connectivity index (χ2n) is 9.73. The minimum atomic E-state index is -0.735. The molecule has 3 aromatic rings. The zero-order chi connectivity index (χ0) is 27.1. The first-order chi connectivity index (χ1) is 18.3. The van der Waals surface area contributed by atoms with Crippen LogP contribution >= 0.6 is 46.4 Å². The minimum absolute atomic E-state index is 0.0596. The molecule has 3 aromatic carbocycles. The molecule has 0 aliphatic heterocycles. The maximum atomic E-state index is 13.9. The second-order valence-corrected chi connectivity index (χ2v) is 11.4. The average Bonchev–Trinajstić information content (AvgIpc) is 2.90. The van der Waals surface area contributed by atoms with Crippen molar-refractivity contribution < 1.29 is 9.59 Å². The molecule has 1 atom stereocenters. The van der Waals surface area contributed by atoms with Crippen molar-refractivity contribution in [2.75, 3.05) is 0 Å². The molecule has 1 aliphatic carbocycles. The van der Waals surface area contributed by atoms with Crippen LogP contribution < -0.4 is 5.32 Å². The van der Waals surface area contributed by atoms with Gasteiger partial charge < -0.3 is 10.2 Å². The van der Waals surface area contributed by atoms with E-state index in [0.717, 1.165) is 31.2 Å². The Kier molecular flexibility index (Phi) is 10.4. The van der Waals surface area contributed by atoms with Crippen LogP contribution in [0.3, 0.4) is 0 Å². The second kappa shape index (κ2) is 13.7. The molecule has 1 N–H and O–H groups in total. The Hall–Kier alpha value is -2.24. The van der Waals surface area contributed by atoms with Crippen molar-refractivity contribution in [2.45, 2.75) is 63.6 Å². The van der Waals surface area contributed by atoms with E-state index in [1.54, 1.807) is 41.3 Å². The van der Waals surface area contributed by atoms with Crippen LogP contribution in [0.15, 0.2) is 66.7 Å². The molecule has 1 saturated carbocycles. The summed E-state index contributed by atoms with van der Waals surface area (Å²) in [7, 11) is 0. The van der Waals surface area contributed by atoms with E-state index in [4.69, 9.17) is 46.4 Å². The van der Waals surface area contributed by atoms with Crippen LogP contribution in [-0.2, 0) is 29.0 Å². The number of nitrogens with one attached hydrogen (secondary N) is 1. The quantitative estimate of drug-likeness (QED) is 0.275. The number of halogens is 4. The molecule has 0 saturated heterocycles. The molecule has 0 radical (unpaired) electrons. The van der Waals surface area contributed by atoms with Gasteiger partial charge in [0.15, 0.2) is 0 Å². The highest BCUT2D eigenvalue weighted by molar-refractivity contribution is 6.42. The van der Waals surface area contributed by atoms with Crippen LogP contribution in [0.1, 0.15) is 48.8 Å². The number of benzene rings is 3. The molecule has 1 unspecified atom stereocenters. The van der Waals surface area contributed by atoms with Crippen molar-refractivity contribution in [1.82, 2.24) is 10.2 Å². The van der Waals surface area contributed by atoms with Gasteiger partial charge in [0.05, 0.1) is 16.5 Å². The zero-order valence-corrected chi connectivity index (χ0v) is 24.0. The van der Waals surface area contributed by atoms with Gasteiger partial charge in [-0.25, -0.2) is 0 Å². The summed E-state index contributed by atoms with van der Waals surface area (Å²) in [5, 5.41) is 4.98. The Morgan fingerprint density at radius 1 is 0.816 bits per heavy atom. The average molecular weight is 592 g/mol. The third kappa shape index (κ3) is 7.89. The van der Waals surface area contributed by atoms with Crippen LogP contribution in [-0.4, -0.2) is 28.8 Å². The molecule has 38 heavy (non-hydrogen) atoms. The van der Waals surface area contributed by atoms with Gasteiger partial charge in [0.1, 0.15) is 6.04 Å². The Morgan fingerprint density at radius 2 is 1.55 bits per heavy atom. The SMILES string of the molecule is O=C(NC1CCCCC1)C(Cc1ccccc1)N(Cc1ccc(Cl)cc1Cl)C(=O)Cc1ccc(Cl)c(Cl)c1. The topological polar surface area (TPSA) is 49.4 Å². The smallest absolute Gasteiger partial charge is 0.243 e. The number of hydrogen-bond acceptors (Lipinski definition) is 2. The van der Waals surface area contributed by atoms with Gasteiger partial charge in [-0.15, -0.1) is 0 Å². The maximum absolute atomic E-state index is 13.9. The predicted octanol–water partition coefficient (Wildman–Crippen LogP) is 7.93. The Bertz CT molecular complexity index is 1260. The molecule has 0 bridgehead atoms. The molecule has 2 amide bonds. The molecule has 1 fully saturated rings. The largest absolute Gasteiger partial charge is 0.352 e. The lowest BCUT2D eigenvalue weighted by atomic mass is 9.94. The first-order valence-electron chi connectivity index (χ1n) is 12.8. The monoisotopic (exact) mass is 590 g/mol. The Balaban J connectivity index is 1.68. The van der Waals surface area contributed by atoms with E-state index in [1.807, 2.05) is 30.3 Å². The summed E-state index contributed by atoms with van der Waals surface area (Å²) in [6.07, 6.45) is 5.70. The fourth-order valence-electron chi connectivity index (χ4n) is 4.86. The minimum Gasteiger partial charge on any atom is -0.352 e. The van der Waals surface area contributed by atoms with E-state index in [2.05, 4.69) is 5.32 Å². The van der Waals surface area contributed by atoms with Gasteiger partial charge in [-0.2, -0.15) is 0 Å². The summed E-state index contributed by atoms with van der Waals surface area (Å²) in [6, 6.07) is 19.4. The van der Waals surface area contributed by atoms with Gasteiger partial charge in [0.2, 0.25) is 11.8 Å². The van der Waals surface area contributed by atoms with Crippen LogP contribution in [0, 0.1) is 0 Å². The van der Waals surface area contributed by atoms with E-state index in [0.29, 0.717) is 37.6 Å². The summed E-state index contributed by atoms with van der Waals surface area (Å²) in [6.45, 7) is 0.158. The van der Waals surface area contributed by atoms with Gasteiger partial charge in [-0.1, -0.05) is 108 Å². The number of amides is 2. The third-order valence-corrected chi connectivity index (χ3v) is 8.24. The highest BCUT2D eigenvalue weighted by Crippen LogP contribution is 2.27. The normalized spacial score (nSPS) is 14.6. The molecule has 1 aliphatic rings. The Labute approximate surface area is 244 Å². The molecule has 8 heteroatoms. The molecule has 0 spiro atoms. The van der Waals surface area contributed by atoms with Gasteiger partial charge in [0.25, 0.3) is 0 Å². The zero-order valence-electron chi connectivity index (χ0n) is 20.9. The number of carbonyl (C=O) groups is 2. The van der Waals surface area contributed by atoms with E-state index >= 15 is 0 Å². The predicted molar refractivity (Wildman–Crippen MR) is 156 cm³/mol. The van der Waals surface area contributed by atoms with E-state index < -0.39 is 6.04 Å². The maximum Gasteiger partial charge on any atom is 0.243 e. The number of carbonyl (C=O) groups excluding carboxylic acids is 2. The van der Waals surface area contributed by atoms with Crippen molar-refractivity contribution in [2.24, 2.45) is 0 Å². The third-order valence-electron chi connectivity index (χ3n) is 6.92. The highest BCUT2D eigenvalue weighted by Gasteiger charge is 2.32. The molecular formula is C30H30Cl4N2O2. The molecular weight excluding hydrogens is 562 g/mol. The summed E-state index contributed by atoms with van der Waals surface area (Å²) < 4.78 is 0.